The number of aliphatic hydroxyl groups excluding tert-OH is 1. The third-order valence-electron chi connectivity index (χ3n) is 3.17. The molecule has 0 bridgehead atoms. The summed E-state index contributed by atoms with van der Waals surface area (Å²) in [5, 5.41) is 11.1. The number of fused-ring (bicyclic) bond motifs is 1. The molecule has 0 aliphatic carbocycles. The van der Waals surface area contributed by atoms with Crippen LogP contribution in [-0.2, 0) is 0 Å². The summed E-state index contributed by atoms with van der Waals surface area (Å²) in [6.07, 6.45) is -0.775. The summed E-state index contributed by atoms with van der Waals surface area (Å²) in [6.45, 7) is 2.17. The van der Waals surface area contributed by atoms with Crippen molar-refractivity contribution in [1.82, 2.24) is 0 Å². The maximum atomic E-state index is 10.1. The van der Waals surface area contributed by atoms with Gasteiger partial charge in [-0.1, -0.05) is 30.3 Å². The molecule has 0 aliphatic rings. The zero-order chi connectivity index (χ0) is 13.9. The highest BCUT2D eigenvalue weighted by molar-refractivity contribution is 5.77. The summed E-state index contributed by atoms with van der Waals surface area (Å²) in [7, 11) is 0. The molecule has 3 aromatic rings. The normalized spacial score (nSPS) is 12.5. The molecule has 1 aromatic heterocycles. The molecule has 0 saturated heterocycles. The van der Waals surface area contributed by atoms with E-state index in [1.165, 1.54) is 0 Å². The van der Waals surface area contributed by atoms with E-state index in [4.69, 9.17) is 9.15 Å². The van der Waals surface area contributed by atoms with Gasteiger partial charge in [-0.05, 0) is 36.8 Å². The van der Waals surface area contributed by atoms with Gasteiger partial charge < -0.3 is 14.3 Å². The molecule has 0 spiro atoms. The molecule has 0 saturated carbocycles. The minimum absolute atomic E-state index is 0.170. The van der Waals surface area contributed by atoms with Crippen LogP contribution in [0, 0.1) is 6.92 Å². The van der Waals surface area contributed by atoms with Crippen molar-refractivity contribution in [2.24, 2.45) is 0 Å². The lowest BCUT2D eigenvalue weighted by Gasteiger charge is -2.10. The monoisotopic (exact) mass is 268 g/mol. The van der Waals surface area contributed by atoms with Crippen LogP contribution in [0.1, 0.15) is 17.4 Å². The van der Waals surface area contributed by atoms with Crippen LogP contribution in [0.15, 0.2) is 59.0 Å². The van der Waals surface area contributed by atoms with Gasteiger partial charge in [0, 0.05) is 5.39 Å². The van der Waals surface area contributed by atoms with Gasteiger partial charge in [-0.25, -0.2) is 0 Å². The van der Waals surface area contributed by atoms with Crippen LogP contribution in [0.25, 0.3) is 11.0 Å². The number of aryl methyl sites for hydroxylation is 1. The third kappa shape index (κ3) is 2.68. The first-order chi connectivity index (χ1) is 9.72. The number of para-hydroxylation sites is 1. The molecule has 2 aromatic carbocycles. The molecule has 20 heavy (non-hydrogen) atoms. The fraction of sp³-hybridized carbons (Fsp3) is 0.176. The van der Waals surface area contributed by atoms with E-state index in [0.29, 0.717) is 5.76 Å². The number of furan rings is 1. The van der Waals surface area contributed by atoms with E-state index in [0.717, 1.165) is 22.3 Å². The van der Waals surface area contributed by atoms with Gasteiger partial charge in [0.15, 0.2) is 0 Å². The Morgan fingerprint density at radius 3 is 2.75 bits per heavy atom. The van der Waals surface area contributed by atoms with Gasteiger partial charge in [-0.2, -0.15) is 0 Å². The fourth-order valence-electron chi connectivity index (χ4n) is 2.13. The number of aliphatic hydroxyl groups is 1. The van der Waals surface area contributed by atoms with E-state index in [-0.39, 0.29) is 6.61 Å². The maximum absolute atomic E-state index is 10.1. The van der Waals surface area contributed by atoms with Crippen LogP contribution >= 0.6 is 0 Å². The van der Waals surface area contributed by atoms with Crippen molar-refractivity contribution < 1.29 is 14.3 Å². The quantitative estimate of drug-likeness (QED) is 0.781. The van der Waals surface area contributed by atoms with Gasteiger partial charge in [-0.15, -0.1) is 0 Å². The van der Waals surface area contributed by atoms with Crippen LogP contribution in [0.3, 0.4) is 0 Å². The smallest absolute Gasteiger partial charge is 0.145 e. The Hall–Kier alpha value is -2.26. The number of hydrogen-bond acceptors (Lipinski definition) is 3. The minimum atomic E-state index is -0.775. The molecule has 3 rings (SSSR count). The molecule has 102 valence electrons. The first-order valence-corrected chi connectivity index (χ1v) is 6.58. The summed E-state index contributed by atoms with van der Waals surface area (Å²) in [6, 6.07) is 17.3. The predicted molar refractivity (Wildman–Crippen MR) is 77.8 cm³/mol. The first-order valence-electron chi connectivity index (χ1n) is 6.58. The lowest BCUT2D eigenvalue weighted by atomic mass is 10.2. The molecule has 0 radical (unpaired) electrons. The van der Waals surface area contributed by atoms with Crippen molar-refractivity contribution in [3.63, 3.8) is 0 Å². The van der Waals surface area contributed by atoms with E-state index < -0.39 is 6.10 Å². The summed E-state index contributed by atoms with van der Waals surface area (Å²) < 4.78 is 11.2. The maximum Gasteiger partial charge on any atom is 0.145 e. The lowest BCUT2D eigenvalue weighted by molar-refractivity contribution is 0.0903. The van der Waals surface area contributed by atoms with Gasteiger partial charge in [-0.3, -0.25) is 0 Å². The largest absolute Gasteiger partial charge is 0.490 e. The second-order valence-corrected chi connectivity index (χ2v) is 4.83. The molecule has 0 aliphatic heterocycles. The SMILES string of the molecule is Cc1cccc(OCC(O)c2cc3ccccc3o2)c1. The van der Waals surface area contributed by atoms with Crippen molar-refractivity contribution in [3.05, 3.63) is 65.9 Å². The summed E-state index contributed by atoms with van der Waals surface area (Å²) in [4.78, 5) is 0. The van der Waals surface area contributed by atoms with Crippen LogP contribution in [0.5, 0.6) is 5.75 Å². The molecule has 1 N–H and O–H groups in total. The van der Waals surface area contributed by atoms with Crippen LogP contribution < -0.4 is 4.74 Å². The zero-order valence-corrected chi connectivity index (χ0v) is 11.2. The predicted octanol–water partition coefficient (Wildman–Crippen LogP) is 3.85. The van der Waals surface area contributed by atoms with Crippen LogP contribution in [0.2, 0.25) is 0 Å². The zero-order valence-electron chi connectivity index (χ0n) is 11.2. The van der Waals surface area contributed by atoms with Gasteiger partial charge >= 0.3 is 0 Å². The molecule has 1 atom stereocenters. The topological polar surface area (TPSA) is 42.6 Å². The van der Waals surface area contributed by atoms with Gasteiger partial charge in [0.25, 0.3) is 0 Å². The van der Waals surface area contributed by atoms with E-state index in [9.17, 15) is 5.11 Å². The average molecular weight is 268 g/mol. The summed E-state index contributed by atoms with van der Waals surface area (Å²) in [5.74, 6) is 1.28. The van der Waals surface area contributed by atoms with Crippen molar-refractivity contribution in [2.75, 3.05) is 6.61 Å². The van der Waals surface area contributed by atoms with Crippen LogP contribution in [0.4, 0.5) is 0 Å². The average Bonchev–Trinajstić information content (AvgIpc) is 2.89. The molecule has 0 amide bonds. The molecule has 1 heterocycles. The van der Waals surface area contributed by atoms with Crippen molar-refractivity contribution in [2.45, 2.75) is 13.0 Å². The number of rotatable bonds is 4. The molecule has 3 heteroatoms. The number of benzene rings is 2. The number of ether oxygens (including phenoxy) is 1. The van der Waals surface area contributed by atoms with Crippen molar-refractivity contribution >= 4 is 11.0 Å². The van der Waals surface area contributed by atoms with Gasteiger partial charge in [0.2, 0.25) is 0 Å². The molecule has 0 fully saturated rings. The summed E-state index contributed by atoms with van der Waals surface area (Å²) in [5.41, 5.74) is 1.90. The Kier molecular flexibility index (Phi) is 3.44. The second-order valence-electron chi connectivity index (χ2n) is 4.83. The summed E-state index contributed by atoms with van der Waals surface area (Å²) >= 11 is 0. The Bertz CT molecular complexity index is 682. The van der Waals surface area contributed by atoms with Crippen molar-refractivity contribution in [3.8, 4) is 5.75 Å². The van der Waals surface area contributed by atoms with Gasteiger partial charge in [0.05, 0.1) is 0 Å². The standard InChI is InChI=1S/C17H16O3/c1-12-5-4-7-14(9-12)19-11-15(18)17-10-13-6-2-3-8-16(13)20-17/h2-10,15,18H,11H2,1H3. The number of hydrogen-bond donors (Lipinski definition) is 1. The highest BCUT2D eigenvalue weighted by Gasteiger charge is 2.14. The third-order valence-corrected chi connectivity index (χ3v) is 3.17. The van der Waals surface area contributed by atoms with E-state index in [1.807, 2.05) is 61.5 Å². The Morgan fingerprint density at radius 1 is 1.10 bits per heavy atom. The highest BCUT2D eigenvalue weighted by Crippen LogP contribution is 2.24. The highest BCUT2D eigenvalue weighted by atomic mass is 16.5. The fourth-order valence-corrected chi connectivity index (χ4v) is 2.13. The van der Waals surface area contributed by atoms with E-state index in [2.05, 4.69) is 0 Å². The van der Waals surface area contributed by atoms with Crippen molar-refractivity contribution in [1.29, 1.82) is 0 Å². The molecular weight excluding hydrogens is 252 g/mol. The Balaban J connectivity index is 1.71. The van der Waals surface area contributed by atoms with E-state index in [1.54, 1.807) is 0 Å². The lowest BCUT2D eigenvalue weighted by Crippen LogP contribution is -2.08. The Labute approximate surface area is 117 Å². The van der Waals surface area contributed by atoms with Gasteiger partial charge in [0.1, 0.15) is 29.8 Å². The molecule has 1 unspecified atom stereocenters. The Morgan fingerprint density at radius 2 is 1.95 bits per heavy atom. The minimum Gasteiger partial charge on any atom is -0.490 e. The van der Waals surface area contributed by atoms with E-state index >= 15 is 0 Å². The molecule has 3 nitrogen and oxygen atoms in total. The van der Waals surface area contributed by atoms with Crippen LogP contribution in [-0.4, -0.2) is 11.7 Å². The second kappa shape index (κ2) is 5.39. The first kappa shape index (κ1) is 12.8. The molecular formula is C17H16O3.